The molecule has 4 rings (SSSR count). The van der Waals surface area contributed by atoms with Gasteiger partial charge in [0.05, 0.1) is 32.1 Å². The van der Waals surface area contributed by atoms with Crippen LogP contribution >= 0.6 is 15.0 Å². The highest BCUT2D eigenvalue weighted by Crippen LogP contribution is 2.46. The lowest BCUT2D eigenvalue weighted by atomic mass is 9.89. The van der Waals surface area contributed by atoms with Crippen molar-refractivity contribution in [2.45, 2.75) is 158 Å². The van der Waals surface area contributed by atoms with Crippen molar-refractivity contribution in [2.24, 2.45) is 5.73 Å². The molecular weight excluding hydrogens is 1160 g/mol. The Bertz CT molecular complexity index is 2730. The van der Waals surface area contributed by atoms with Crippen molar-refractivity contribution in [2.75, 3.05) is 65.0 Å². The molecule has 2 unspecified atom stereocenters. The van der Waals surface area contributed by atoms with Gasteiger partial charge in [0.1, 0.15) is 54.2 Å². The maximum Gasteiger partial charge on any atom is 0.412 e. The highest BCUT2D eigenvalue weighted by Gasteiger charge is 2.38. The van der Waals surface area contributed by atoms with Crippen LogP contribution in [0.4, 0.5) is 26.3 Å². The summed E-state index contributed by atoms with van der Waals surface area (Å²) >= 11 is 0. The first-order chi connectivity index (χ1) is 38.5. The molecule has 2 heterocycles. The smallest absolute Gasteiger partial charge is 0.412 e. The van der Waals surface area contributed by atoms with Crippen molar-refractivity contribution in [3.63, 3.8) is 0 Å². The molecule has 0 bridgehead atoms. The average Bonchev–Trinajstić information content (AvgIpc) is 3.99. The molecule has 0 radical (unpaired) electrons. The van der Waals surface area contributed by atoms with Crippen LogP contribution in [-0.4, -0.2) is 133 Å². The SMILES string of the molecule is CCOC(=O)[C@H](C)NP(=O)(CCN)OCC(F)(F)F.CCOC(=O)[C@H](C)NP(=O)(CCNC/C(C)=C/Cc1c(O)c2c(c(C)c1CC)COC2=O)OCC(F)(F)F.CCc1c(C)c2c(c(OCC[Si](C)(C)C)c1C/C=C(\C)C=O)C(=O)OC2. The van der Waals surface area contributed by atoms with E-state index in [-0.39, 0.29) is 62.5 Å². The predicted molar refractivity (Wildman–Crippen MR) is 305 cm³/mol. The van der Waals surface area contributed by atoms with Gasteiger partial charge in [0.25, 0.3) is 15.0 Å². The second kappa shape index (κ2) is 33.7. The monoisotopic (exact) mass is 1240 g/mol. The lowest BCUT2D eigenvalue weighted by Crippen LogP contribution is -2.36. The molecule has 0 fully saturated rings. The summed E-state index contributed by atoms with van der Waals surface area (Å²) in [6.07, 6.45) is -2.84. The fraction of sp³-hybridized carbons (Fsp3) is 0.618. The summed E-state index contributed by atoms with van der Waals surface area (Å²) in [6, 6.07) is -1.15. The second-order valence-corrected chi connectivity index (χ2v) is 31.1. The molecule has 0 spiro atoms. The number of fused-ring (bicyclic) bond motifs is 2. The zero-order chi connectivity index (χ0) is 63.3. The Hall–Kier alpha value is -4.91. The summed E-state index contributed by atoms with van der Waals surface area (Å²) in [6.45, 7) is 22.4. The van der Waals surface area contributed by atoms with Crippen molar-refractivity contribution in [3.05, 3.63) is 78.9 Å². The predicted octanol–water partition coefficient (Wildman–Crippen LogP) is 10.2. The summed E-state index contributed by atoms with van der Waals surface area (Å²) in [5, 5.41) is 18.4. The van der Waals surface area contributed by atoms with Gasteiger partial charge in [0.2, 0.25) is 0 Å². The summed E-state index contributed by atoms with van der Waals surface area (Å²) in [7, 11) is -9.13. The van der Waals surface area contributed by atoms with E-state index >= 15 is 0 Å². The van der Waals surface area contributed by atoms with Gasteiger partial charge < -0.3 is 48.9 Å². The summed E-state index contributed by atoms with van der Waals surface area (Å²) in [4.78, 5) is 58.6. The number of halogens is 6. The van der Waals surface area contributed by atoms with Gasteiger partial charge in [-0.3, -0.25) is 23.5 Å². The van der Waals surface area contributed by atoms with Gasteiger partial charge in [-0.05, 0) is 115 Å². The Morgan fingerprint density at radius 3 is 1.65 bits per heavy atom. The number of hydrogen-bond donors (Lipinski definition) is 5. The van der Waals surface area contributed by atoms with E-state index in [4.69, 9.17) is 29.2 Å². The summed E-state index contributed by atoms with van der Waals surface area (Å²) in [5.74, 6) is -1.74. The maximum absolute atomic E-state index is 13.0. The molecule has 0 saturated heterocycles. The van der Waals surface area contributed by atoms with Crippen LogP contribution in [0.2, 0.25) is 25.7 Å². The minimum absolute atomic E-state index is 0.0398. The standard InChI is InChI=1S/C25H36F3N2O7P.C21H30O4Si.C9H18F3N2O4P/c1-6-18-16(4)20-13-36-24(33)21(20)22(31)19(18)9-8-15(3)12-29-10-11-38(34,37-14-25(26,27)28)30-17(5)23(32)35-7-2;1-7-16-15(3)18-13-25-21(23)19(18)20(24-10-11-26(4,5)6)17(16)9-8-14(2)12-22;1-3-17-8(15)7(2)14-19(16,5-4-13)18-6-9(10,11)12/h8,17,29,31H,6-7,9-14H2,1-5H3,(H,30,34);8,12H,7,9-11,13H2,1-6H3;7H,3-6,13H2,1-2H3,(H,14,16)/b15-8+;14-8+;/t17-,38?;;7-,19?/m0.0/s1. The van der Waals surface area contributed by atoms with Gasteiger partial charge in [0.15, 0.2) is 13.2 Å². The molecule has 4 atom stereocenters. The highest BCUT2D eigenvalue weighted by molar-refractivity contribution is 7.57. The topological polar surface area (TPSA) is 266 Å². The van der Waals surface area contributed by atoms with Crippen molar-refractivity contribution in [1.29, 1.82) is 0 Å². The van der Waals surface area contributed by atoms with E-state index in [1.807, 2.05) is 39.8 Å². The Kier molecular flexibility index (Phi) is 30.1. The van der Waals surface area contributed by atoms with Crippen LogP contribution in [0.5, 0.6) is 11.5 Å². The number of benzene rings is 2. The van der Waals surface area contributed by atoms with Crippen molar-refractivity contribution < 1.29 is 97.3 Å². The Morgan fingerprint density at radius 2 is 1.20 bits per heavy atom. The van der Waals surface area contributed by atoms with Crippen LogP contribution < -0.4 is 26.0 Å². The lowest BCUT2D eigenvalue weighted by molar-refractivity contribution is -0.154. The molecule has 28 heteroatoms. The fourth-order valence-electron chi connectivity index (χ4n) is 8.54. The number of esters is 4. The van der Waals surface area contributed by atoms with Crippen LogP contribution in [0, 0.1) is 13.8 Å². The van der Waals surface area contributed by atoms with E-state index in [0.29, 0.717) is 67.0 Å². The third kappa shape index (κ3) is 24.2. The number of nitrogens with two attached hydrogens (primary N) is 1. The molecule has 0 aromatic heterocycles. The Morgan fingerprint density at radius 1 is 0.747 bits per heavy atom. The first kappa shape index (κ1) is 74.2. The van der Waals surface area contributed by atoms with Crippen LogP contribution in [0.1, 0.15) is 121 Å². The number of rotatable bonds is 30. The van der Waals surface area contributed by atoms with E-state index in [9.17, 15) is 64.6 Å². The van der Waals surface area contributed by atoms with Crippen LogP contribution in [0.3, 0.4) is 0 Å². The number of cyclic esters (lactones) is 2. The first-order valence-electron chi connectivity index (χ1n) is 27.2. The van der Waals surface area contributed by atoms with Crippen LogP contribution in [0.25, 0.3) is 0 Å². The molecule has 83 heavy (non-hydrogen) atoms. The van der Waals surface area contributed by atoms with E-state index in [2.05, 4.69) is 51.3 Å². The minimum atomic E-state index is -4.69. The third-order valence-corrected chi connectivity index (χ3v) is 18.9. The zero-order valence-electron chi connectivity index (χ0n) is 49.8. The molecule has 2 aliphatic heterocycles. The molecule has 6 N–H and O–H groups in total. The summed E-state index contributed by atoms with van der Waals surface area (Å²) in [5.41, 5.74) is 15.0. The summed E-state index contributed by atoms with van der Waals surface area (Å²) < 4.78 is 134. The number of allylic oxidation sites excluding steroid dienone is 3. The molecule has 2 aromatic carbocycles. The van der Waals surface area contributed by atoms with Gasteiger partial charge in [0, 0.05) is 50.0 Å². The van der Waals surface area contributed by atoms with Crippen molar-refractivity contribution in [1.82, 2.24) is 15.5 Å². The Balaban J connectivity index is 0.000000454. The van der Waals surface area contributed by atoms with Gasteiger partial charge in [-0.2, -0.15) is 26.3 Å². The molecule has 0 saturated carbocycles. The number of carbonyl (C=O) groups is 5. The largest absolute Gasteiger partial charge is 0.507 e. The van der Waals surface area contributed by atoms with E-state index in [1.165, 1.54) is 19.4 Å². The van der Waals surface area contributed by atoms with E-state index < -0.39 is 78.7 Å². The van der Waals surface area contributed by atoms with Gasteiger partial charge in [-0.25, -0.2) is 19.8 Å². The molecule has 2 aliphatic rings. The molecular formula is C55H84F6N4O15P2Si. The number of phenolic OH excluding ortho intramolecular Hbond substituents is 1. The van der Waals surface area contributed by atoms with Crippen molar-refractivity contribution >= 4 is 53.3 Å². The van der Waals surface area contributed by atoms with Crippen LogP contribution in [-0.2, 0) is 90.4 Å². The zero-order valence-corrected chi connectivity index (χ0v) is 52.6. The van der Waals surface area contributed by atoms with E-state index in [1.54, 1.807) is 20.8 Å². The van der Waals surface area contributed by atoms with Gasteiger partial charge in [-0.1, -0.05) is 51.2 Å². The quantitative estimate of drug-likeness (QED) is 0.00560. The van der Waals surface area contributed by atoms with Gasteiger partial charge in [-0.15, -0.1) is 0 Å². The van der Waals surface area contributed by atoms with Crippen molar-refractivity contribution in [3.8, 4) is 11.5 Å². The number of carbonyl (C=O) groups excluding carboxylic acids is 5. The third-order valence-electron chi connectivity index (χ3n) is 12.9. The molecule has 0 amide bonds. The molecule has 2 aromatic rings. The number of phenols is 1. The van der Waals surface area contributed by atoms with Gasteiger partial charge >= 0.3 is 36.2 Å². The lowest BCUT2D eigenvalue weighted by Gasteiger charge is -2.23. The fourth-order valence-corrected chi connectivity index (χ4v) is 12.8. The van der Waals surface area contributed by atoms with Crippen LogP contribution in [0.15, 0.2) is 23.3 Å². The first-order valence-corrected chi connectivity index (χ1v) is 34.6. The number of hydrogen-bond acceptors (Lipinski definition) is 17. The Labute approximate surface area is 483 Å². The van der Waals surface area contributed by atoms with E-state index in [0.717, 1.165) is 52.1 Å². The maximum atomic E-state index is 13.0. The normalized spacial score (nSPS) is 15.7. The molecule has 470 valence electrons. The number of aromatic hydroxyl groups is 1. The minimum Gasteiger partial charge on any atom is -0.507 e. The molecule has 19 nitrogen and oxygen atoms in total. The number of alkyl halides is 6. The second-order valence-electron chi connectivity index (χ2n) is 20.8. The number of ether oxygens (including phenoxy) is 5. The highest BCUT2D eigenvalue weighted by atomic mass is 31.2. The number of nitrogens with one attached hydrogen (secondary N) is 3. The molecule has 0 aliphatic carbocycles. The average molecular weight is 1250 g/mol. The number of aldehydes is 1.